The number of alkyl carbamates (subject to hydrolysis) is 1. The van der Waals surface area contributed by atoms with Crippen LogP contribution in [0.5, 0.6) is 0 Å². The summed E-state index contributed by atoms with van der Waals surface area (Å²) in [5.74, 6) is 2.41. The van der Waals surface area contributed by atoms with E-state index in [-0.39, 0.29) is 0 Å². The Hall–Kier alpha value is -1.63. The van der Waals surface area contributed by atoms with E-state index in [0.717, 1.165) is 0 Å². The molecule has 0 bridgehead atoms. The lowest BCUT2D eigenvalue weighted by Crippen LogP contribution is -2.41. The largest absolute Gasteiger partial charge is 0.444 e. The fourth-order valence-corrected chi connectivity index (χ4v) is 0.842. The van der Waals surface area contributed by atoms with Crippen molar-refractivity contribution in [2.24, 2.45) is 5.73 Å². The molecule has 0 saturated heterocycles. The molecule has 0 fully saturated rings. The van der Waals surface area contributed by atoms with E-state index in [2.05, 4.69) is 17.8 Å². The van der Waals surface area contributed by atoms with Crippen LogP contribution < -0.4 is 11.1 Å². The minimum Gasteiger partial charge on any atom is -0.444 e. The topological polar surface area (TPSA) is 64.3 Å². The Morgan fingerprint density at radius 3 is 2.53 bits per heavy atom. The zero-order valence-corrected chi connectivity index (χ0v) is 9.46. The number of nitrogens with two attached hydrogens (primary N) is 1. The molecular weight excluding hydrogens is 192 g/mol. The molecule has 4 nitrogen and oxygen atoms in total. The molecule has 0 rings (SSSR count). The Labute approximate surface area is 90.9 Å². The maximum Gasteiger partial charge on any atom is 0.408 e. The fraction of sp³-hybridized carbons (Fsp3) is 0.545. The minimum absolute atomic E-state index is 0.300. The number of terminal acetylenes is 1. The Morgan fingerprint density at radius 2 is 2.20 bits per heavy atom. The van der Waals surface area contributed by atoms with Crippen molar-refractivity contribution in [2.75, 3.05) is 0 Å². The maximum atomic E-state index is 11.3. The van der Waals surface area contributed by atoms with Crippen LogP contribution in [0, 0.1) is 12.3 Å². The maximum absolute atomic E-state index is 11.3. The summed E-state index contributed by atoms with van der Waals surface area (Å²) in [4.78, 5) is 11.3. The molecule has 0 heterocycles. The predicted octanol–water partition coefficient (Wildman–Crippen LogP) is 1.38. The number of amides is 1. The highest BCUT2D eigenvalue weighted by Crippen LogP contribution is 2.07. The number of nitrogens with one attached hydrogen (secondary N) is 1. The van der Waals surface area contributed by atoms with Crippen LogP contribution >= 0.6 is 0 Å². The normalized spacial score (nSPS) is 12.4. The van der Waals surface area contributed by atoms with Gasteiger partial charge in [0.05, 0.1) is 6.04 Å². The zero-order chi connectivity index (χ0) is 12.1. The average Bonchev–Trinajstić information content (AvgIpc) is 1.99. The summed E-state index contributed by atoms with van der Waals surface area (Å²) in [5.41, 5.74) is 5.25. The average molecular weight is 210 g/mol. The highest BCUT2D eigenvalue weighted by molar-refractivity contribution is 5.68. The van der Waals surface area contributed by atoms with E-state index < -0.39 is 17.7 Å². The molecule has 1 unspecified atom stereocenters. The third-order valence-electron chi connectivity index (χ3n) is 1.46. The number of ether oxygens (including phenoxy) is 1. The highest BCUT2D eigenvalue weighted by atomic mass is 16.6. The van der Waals surface area contributed by atoms with E-state index in [4.69, 9.17) is 16.9 Å². The van der Waals surface area contributed by atoms with Crippen LogP contribution in [-0.2, 0) is 4.74 Å². The Kier molecular flexibility index (Phi) is 4.72. The van der Waals surface area contributed by atoms with Crippen LogP contribution in [0.1, 0.15) is 27.2 Å². The van der Waals surface area contributed by atoms with E-state index in [9.17, 15) is 4.79 Å². The SMILES string of the molecule is C#CCC(NC(=O)OC(C)(C)C)C(=C)N. The Morgan fingerprint density at radius 1 is 1.67 bits per heavy atom. The van der Waals surface area contributed by atoms with Crippen molar-refractivity contribution < 1.29 is 9.53 Å². The number of rotatable bonds is 3. The molecule has 0 radical (unpaired) electrons. The molecule has 0 aliphatic carbocycles. The van der Waals surface area contributed by atoms with Crippen LogP contribution in [0.25, 0.3) is 0 Å². The first-order valence-corrected chi connectivity index (χ1v) is 4.63. The van der Waals surface area contributed by atoms with Crippen molar-refractivity contribution in [3.8, 4) is 12.3 Å². The van der Waals surface area contributed by atoms with Crippen LogP contribution in [0.4, 0.5) is 4.79 Å². The third-order valence-corrected chi connectivity index (χ3v) is 1.46. The minimum atomic E-state index is -0.547. The molecule has 0 aromatic carbocycles. The van der Waals surface area contributed by atoms with Crippen LogP contribution in [0.3, 0.4) is 0 Å². The van der Waals surface area contributed by atoms with Gasteiger partial charge in [0.15, 0.2) is 0 Å². The molecule has 4 heteroatoms. The molecule has 0 aromatic rings. The predicted molar refractivity (Wildman–Crippen MR) is 59.9 cm³/mol. The first-order chi connectivity index (χ1) is 6.76. The first kappa shape index (κ1) is 13.4. The molecule has 0 aliphatic rings. The smallest absolute Gasteiger partial charge is 0.408 e. The van der Waals surface area contributed by atoms with Crippen molar-refractivity contribution in [1.29, 1.82) is 0 Å². The van der Waals surface area contributed by atoms with Crippen LogP contribution in [0.15, 0.2) is 12.3 Å². The van der Waals surface area contributed by atoms with Gasteiger partial charge in [-0.1, -0.05) is 6.58 Å². The first-order valence-electron chi connectivity index (χ1n) is 4.63. The van der Waals surface area contributed by atoms with Gasteiger partial charge in [-0.25, -0.2) is 4.79 Å². The molecule has 1 atom stereocenters. The third kappa shape index (κ3) is 6.44. The highest BCUT2D eigenvalue weighted by Gasteiger charge is 2.19. The fourth-order valence-electron chi connectivity index (χ4n) is 0.842. The summed E-state index contributed by atoms with van der Waals surface area (Å²) in [6.07, 6.45) is 4.88. The zero-order valence-electron chi connectivity index (χ0n) is 9.46. The van der Waals surface area contributed by atoms with Crippen molar-refractivity contribution in [3.05, 3.63) is 12.3 Å². The van der Waals surface area contributed by atoms with Gasteiger partial charge in [0.25, 0.3) is 0 Å². The second kappa shape index (κ2) is 5.30. The summed E-state index contributed by atoms with van der Waals surface area (Å²) in [5, 5.41) is 2.55. The summed E-state index contributed by atoms with van der Waals surface area (Å²) in [7, 11) is 0. The summed E-state index contributed by atoms with van der Waals surface area (Å²) >= 11 is 0. The number of carbonyl (C=O) groups is 1. The van der Waals surface area contributed by atoms with Gasteiger partial charge in [0, 0.05) is 12.1 Å². The summed E-state index contributed by atoms with van der Waals surface area (Å²) in [6, 6.07) is -0.440. The lowest BCUT2D eigenvalue weighted by Gasteiger charge is -2.22. The molecule has 1 amide bonds. The van der Waals surface area contributed by atoms with Gasteiger partial charge in [0.2, 0.25) is 0 Å². The lowest BCUT2D eigenvalue weighted by molar-refractivity contribution is 0.0512. The van der Waals surface area contributed by atoms with Gasteiger partial charge in [-0.15, -0.1) is 12.3 Å². The van der Waals surface area contributed by atoms with Crippen LogP contribution in [0.2, 0.25) is 0 Å². The standard InChI is InChI=1S/C11H18N2O2/c1-6-7-9(8(2)12)13-10(14)15-11(3,4)5/h1,9H,2,7,12H2,3-5H3,(H,13,14). The number of carbonyl (C=O) groups excluding carboxylic acids is 1. The van der Waals surface area contributed by atoms with E-state index in [1.807, 2.05) is 0 Å². The Balaban J connectivity index is 4.25. The van der Waals surface area contributed by atoms with E-state index in [1.54, 1.807) is 20.8 Å². The summed E-state index contributed by atoms with van der Waals surface area (Å²) < 4.78 is 5.05. The molecule has 3 N–H and O–H groups in total. The van der Waals surface area contributed by atoms with Gasteiger partial charge >= 0.3 is 6.09 Å². The van der Waals surface area contributed by atoms with Crippen molar-refractivity contribution in [2.45, 2.75) is 38.8 Å². The monoisotopic (exact) mass is 210 g/mol. The Bertz CT molecular complexity index is 284. The van der Waals surface area contributed by atoms with Crippen molar-refractivity contribution >= 4 is 6.09 Å². The van der Waals surface area contributed by atoms with Gasteiger partial charge in [-0.3, -0.25) is 0 Å². The molecule has 84 valence electrons. The summed E-state index contributed by atoms with van der Waals surface area (Å²) in [6.45, 7) is 8.87. The van der Waals surface area contributed by atoms with Gasteiger partial charge < -0.3 is 15.8 Å². The molecule has 0 saturated carbocycles. The quantitative estimate of drug-likeness (QED) is 0.691. The van der Waals surface area contributed by atoms with E-state index in [1.165, 1.54) is 0 Å². The molecule has 0 spiro atoms. The molecule has 15 heavy (non-hydrogen) atoms. The second-order valence-electron chi connectivity index (χ2n) is 4.18. The molecule has 0 aliphatic heterocycles. The van der Waals surface area contributed by atoms with Gasteiger partial charge in [0.1, 0.15) is 5.60 Å². The van der Waals surface area contributed by atoms with Gasteiger partial charge in [-0.05, 0) is 20.8 Å². The van der Waals surface area contributed by atoms with E-state index >= 15 is 0 Å². The number of hydrogen-bond donors (Lipinski definition) is 2. The van der Waals surface area contributed by atoms with Crippen LogP contribution in [-0.4, -0.2) is 17.7 Å². The molecule has 0 aromatic heterocycles. The number of hydrogen-bond acceptors (Lipinski definition) is 3. The second-order valence-corrected chi connectivity index (χ2v) is 4.18. The van der Waals surface area contributed by atoms with Crippen molar-refractivity contribution in [1.82, 2.24) is 5.32 Å². The van der Waals surface area contributed by atoms with E-state index in [0.29, 0.717) is 12.1 Å². The molecular formula is C11H18N2O2. The lowest BCUT2D eigenvalue weighted by atomic mass is 10.1. The van der Waals surface area contributed by atoms with Gasteiger partial charge in [-0.2, -0.15) is 0 Å². The van der Waals surface area contributed by atoms with Crippen molar-refractivity contribution in [3.63, 3.8) is 0 Å².